The van der Waals surface area contributed by atoms with Gasteiger partial charge in [-0.05, 0) is 62.8 Å². The molecule has 1 aromatic rings. The molecule has 8 nitrogen and oxygen atoms in total. The highest BCUT2D eigenvalue weighted by Gasteiger charge is 2.47. The quantitative estimate of drug-likeness (QED) is 0.499. The first-order valence-corrected chi connectivity index (χ1v) is 11.9. The number of sulfonamides is 1. The molecule has 1 N–H and O–H groups in total. The van der Waals surface area contributed by atoms with Gasteiger partial charge >= 0.3 is 6.03 Å². The molecule has 164 valence electrons. The Balaban J connectivity index is 1.74. The largest absolute Gasteiger partial charge is 0.325 e. The fourth-order valence-electron chi connectivity index (χ4n) is 3.86. The number of imide groups is 1. The van der Waals surface area contributed by atoms with E-state index in [4.69, 9.17) is 0 Å². The number of Topliss-reactive ketones (excluding diaryl/α,β-unsaturated/α-hetero) is 1. The van der Waals surface area contributed by atoms with Crippen molar-refractivity contribution in [3.05, 3.63) is 29.3 Å². The third-order valence-electron chi connectivity index (χ3n) is 5.82. The fourth-order valence-corrected chi connectivity index (χ4v) is 5.02. The lowest BCUT2D eigenvalue weighted by Gasteiger charge is -2.22. The first kappa shape index (κ1) is 22.3. The Morgan fingerprint density at radius 1 is 1.27 bits per heavy atom. The number of benzene rings is 1. The number of rotatable bonds is 8. The van der Waals surface area contributed by atoms with Crippen molar-refractivity contribution in [2.45, 2.75) is 52.5 Å². The van der Waals surface area contributed by atoms with Gasteiger partial charge in [0.25, 0.3) is 5.91 Å². The zero-order chi connectivity index (χ0) is 22.3. The summed E-state index contributed by atoms with van der Waals surface area (Å²) >= 11 is 0. The average molecular weight is 436 g/mol. The van der Waals surface area contributed by atoms with Gasteiger partial charge in [0.2, 0.25) is 10.0 Å². The first-order chi connectivity index (χ1) is 14.0. The third kappa shape index (κ3) is 4.08. The standard InChI is InChI=1S/C21H29N3O5S/c1-5-30(28,29)24-11-9-15-12-16(6-7-17(15)24)18(25)13-23-19(26)21(4,22-20(23)27)10-8-14(2)3/h6-7,12,14H,5,8-11,13H2,1-4H3,(H,22,27)/t21-/m1/s1. The van der Waals surface area contributed by atoms with E-state index in [-0.39, 0.29) is 24.0 Å². The van der Waals surface area contributed by atoms with E-state index in [1.165, 1.54) is 4.31 Å². The second kappa shape index (κ2) is 8.02. The van der Waals surface area contributed by atoms with Crippen molar-refractivity contribution in [1.82, 2.24) is 10.2 Å². The summed E-state index contributed by atoms with van der Waals surface area (Å²) < 4.78 is 25.8. The van der Waals surface area contributed by atoms with Crippen molar-refractivity contribution in [2.75, 3.05) is 23.1 Å². The van der Waals surface area contributed by atoms with Gasteiger partial charge in [-0.15, -0.1) is 0 Å². The van der Waals surface area contributed by atoms with Crippen LogP contribution in [0.1, 0.15) is 56.5 Å². The number of nitrogens with one attached hydrogen (secondary N) is 1. The molecule has 1 saturated heterocycles. The number of fused-ring (bicyclic) bond motifs is 1. The molecule has 1 fully saturated rings. The third-order valence-corrected chi connectivity index (χ3v) is 7.60. The summed E-state index contributed by atoms with van der Waals surface area (Å²) in [6, 6.07) is 4.29. The topological polar surface area (TPSA) is 104 Å². The summed E-state index contributed by atoms with van der Waals surface area (Å²) in [7, 11) is -3.36. The highest BCUT2D eigenvalue weighted by molar-refractivity contribution is 7.92. The molecule has 1 aromatic carbocycles. The van der Waals surface area contributed by atoms with Crippen molar-refractivity contribution in [2.24, 2.45) is 5.92 Å². The number of nitrogens with zero attached hydrogens (tertiary/aromatic N) is 2. The molecule has 3 amide bonds. The Hall–Kier alpha value is -2.42. The number of anilines is 1. The molecular formula is C21H29N3O5S. The fraction of sp³-hybridized carbons (Fsp3) is 0.571. The number of hydrogen-bond donors (Lipinski definition) is 1. The van der Waals surface area contributed by atoms with Crippen LogP contribution in [0.5, 0.6) is 0 Å². The summed E-state index contributed by atoms with van der Waals surface area (Å²) in [4.78, 5) is 38.9. The average Bonchev–Trinajstić information content (AvgIpc) is 3.21. The van der Waals surface area contributed by atoms with Crippen LogP contribution in [0.15, 0.2) is 18.2 Å². The molecule has 2 aliphatic heterocycles. The van der Waals surface area contributed by atoms with Crippen LogP contribution in [0.25, 0.3) is 0 Å². The monoisotopic (exact) mass is 435 g/mol. The Morgan fingerprint density at radius 3 is 2.60 bits per heavy atom. The van der Waals surface area contributed by atoms with Crippen LogP contribution in [0.3, 0.4) is 0 Å². The molecule has 0 saturated carbocycles. The minimum Gasteiger partial charge on any atom is -0.323 e. The van der Waals surface area contributed by atoms with E-state index in [1.807, 2.05) is 13.8 Å². The predicted octanol–water partition coefficient (Wildman–Crippen LogP) is 2.33. The SMILES string of the molecule is CCS(=O)(=O)N1CCc2cc(C(=O)CN3C(=O)N[C@](C)(CCC(C)C)C3=O)ccc21. The van der Waals surface area contributed by atoms with Crippen LogP contribution in [-0.4, -0.2) is 55.4 Å². The summed E-state index contributed by atoms with van der Waals surface area (Å²) in [5.41, 5.74) is 0.733. The number of ketones is 1. The van der Waals surface area contributed by atoms with Crippen LogP contribution in [0.2, 0.25) is 0 Å². The van der Waals surface area contributed by atoms with Crippen molar-refractivity contribution in [1.29, 1.82) is 0 Å². The van der Waals surface area contributed by atoms with Gasteiger partial charge in [0, 0.05) is 12.1 Å². The van der Waals surface area contributed by atoms with Crippen LogP contribution < -0.4 is 9.62 Å². The van der Waals surface area contributed by atoms with E-state index in [0.29, 0.717) is 36.6 Å². The van der Waals surface area contributed by atoms with E-state index < -0.39 is 21.6 Å². The summed E-state index contributed by atoms with van der Waals surface area (Å²) in [6.07, 6.45) is 1.82. The van der Waals surface area contributed by atoms with Crippen molar-refractivity contribution >= 4 is 33.4 Å². The molecule has 0 spiro atoms. The van der Waals surface area contributed by atoms with Crippen LogP contribution in [0, 0.1) is 5.92 Å². The number of carbonyl (C=O) groups is 3. The number of amides is 3. The smallest absolute Gasteiger partial charge is 0.323 e. The van der Waals surface area contributed by atoms with Crippen LogP contribution >= 0.6 is 0 Å². The number of hydrogen-bond acceptors (Lipinski definition) is 5. The molecule has 0 unspecified atom stereocenters. The van der Waals surface area contributed by atoms with Crippen molar-refractivity contribution in [3.63, 3.8) is 0 Å². The van der Waals surface area contributed by atoms with Gasteiger partial charge in [-0.2, -0.15) is 0 Å². The maximum atomic E-state index is 12.8. The van der Waals surface area contributed by atoms with Gasteiger partial charge in [0.05, 0.1) is 18.0 Å². The molecule has 30 heavy (non-hydrogen) atoms. The van der Waals surface area contributed by atoms with E-state index in [0.717, 1.165) is 16.9 Å². The van der Waals surface area contributed by atoms with Crippen molar-refractivity contribution in [3.8, 4) is 0 Å². The Labute approximate surface area is 177 Å². The second-order valence-corrected chi connectivity index (χ2v) is 10.8. The van der Waals surface area contributed by atoms with Crippen LogP contribution in [-0.2, 0) is 21.2 Å². The lowest BCUT2D eigenvalue weighted by molar-refractivity contribution is -0.130. The van der Waals surface area contributed by atoms with Gasteiger partial charge in [-0.1, -0.05) is 13.8 Å². The number of carbonyl (C=O) groups excluding carboxylic acids is 3. The Morgan fingerprint density at radius 2 is 1.97 bits per heavy atom. The van der Waals surface area contributed by atoms with Crippen molar-refractivity contribution < 1.29 is 22.8 Å². The van der Waals surface area contributed by atoms with Gasteiger partial charge in [0.1, 0.15) is 5.54 Å². The Bertz CT molecular complexity index is 988. The van der Waals surface area contributed by atoms with E-state index in [2.05, 4.69) is 5.32 Å². The molecule has 3 rings (SSSR count). The minimum atomic E-state index is -3.36. The molecule has 2 heterocycles. The molecule has 9 heteroatoms. The maximum Gasteiger partial charge on any atom is 0.325 e. The van der Waals surface area contributed by atoms with Gasteiger partial charge < -0.3 is 5.32 Å². The maximum absolute atomic E-state index is 12.8. The number of urea groups is 1. The second-order valence-electron chi connectivity index (χ2n) is 8.58. The van der Waals surface area contributed by atoms with E-state index in [9.17, 15) is 22.8 Å². The molecule has 0 radical (unpaired) electrons. The highest BCUT2D eigenvalue weighted by atomic mass is 32.2. The normalized spacial score (nSPS) is 21.4. The lowest BCUT2D eigenvalue weighted by atomic mass is 9.92. The van der Waals surface area contributed by atoms with Gasteiger partial charge in [-0.25, -0.2) is 13.2 Å². The Kier molecular flexibility index (Phi) is 5.95. The zero-order valence-corrected chi connectivity index (χ0v) is 18.7. The van der Waals surface area contributed by atoms with E-state index in [1.54, 1.807) is 32.0 Å². The first-order valence-electron chi connectivity index (χ1n) is 10.3. The summed E-state index contributed by atoms with van der Waals surface area (Å²) in [6.45, 7) is 7.40. The predicted molar refractivity (Wildman–Crippen MR) is 114 cm³/mol. The highest BCUT2D eigenvalue weighted by Crippen LogP contribution is 2.32. The van der Waals surface area contributed by atoms with Gasteiger partial charge in [0.15, 0.2) is 5.78 Å². The molecule has 0 aliphatic carbocycles. The molecular weight excluding hydrogens is 406 g/mol. The summed E-state index contributed by atoms with van der Waals surface area (Å²) in [5.74, 6) is -0.340. The lowest BCUT2D eigenvalue weighted by Crippen LogP contribution is -2.44. The molecule has 0 aromatic heterocycles. The van der Waals surface area contributed by atoms with E-state index >= 15 is 0 Å². The zero-order valence-electron chi connectivity index (χ0n) is 17.9. The molecule has 0 bridgehead atoms. The van der Waals surface area contributed by atoms with Crippen LogP contribution in [0.4, 0.5) is 10.5 Å². The summed E-state index contributed by atoms with van der Waals surface area (Å²) in [5, 5.41) is 2.72. The molecule has 2 aliphatic rings. The minimum absolute atomic E-state index is 0.00881. The molecule has 1 atom stereocenters. The van der Waals surface area contributed by atoms with Gasteiger partial charge in [-0.3, -0.25) is 18.8 Å².